The standard InChI is InChI=1S/C32H55F13P/c1-4-7-10-13-16-19-22-46(23-20-17-14-11-8-5-2,24-21-18-15-12-9-6-3)28(37)30(40,41)32(44,45)31(42,43)29(38,39)26(34)25(33)27(35)36/h25-28H,4-24H2,1-3H3/q+1. The summed E-state index contributed by atoms with van der Waals surface area (Å²) in [4.78, 5) is 0. The zero-order chi connectivity index (χ0) is 35.7. The van der Waals surface area contributed by atoms with Gasteiger partial charge in [-0.2, -0.15) is 39.5 Å². The van der Waals surface area contributed by atoms with Crippen molar-refractivity contribution in [3.63, 3.8) is 0 Å². The van der Waals surface area contributed by atoms with Crippen LogP contribution in [0.1, 0.15) is 136 Å². The molecule has 0 rings (SSSR count). The lowest BCUT2D eigenvalue weighted by atomic mass is 9.94. The Morgan fingerprint density at radius 1 is 0.413 bits per heavy atom. The molecule has 0 saturated heterocycles. The van der Waals surface area contributed by atoms with Crippen molar-refractivity contribution in [2.75, 3.05) is 18.5 Å². The molecule has 3 unspecified atom stereocenters. The molecule has 0 saturated carbocycles. The fourth-order valence-corrected chi connectivity index (χ4v) is 10.5. The summed E-state index contributed by atoms with van der Waals surface area (Å²) in [5.41, 5.74) is 0. The second-order valence-electron chi connectivity index (χ2n) is 12.6. The average Bonchev–Trinajstić information content (AvgIpc) is 3.00. The van der Waals surface area contributed by atoms with Gasteiger partial charge in [-0.25, -0.2) is 17.6 Å². The Hall–Kier alpha value is -0.480. The maximum atomic E-state index is 16.2. The first-order valence-electron chi connectivity index (χ1n) is 16.9. The minimum absolute atomic E-state index is 0.141. The van der Waals surface area contributed by atoms with E-state index in [1.54, 1.807) is 0 Å². The van der Waals surface area contributed by atoms with Gasteiger partial charge in [-0.15, -0.1) is 0 Å². The highest BCUT2D eigenvalue weighted by atomic mass is 31.2. The van der Waals surface area contributed by atoms with Crippen molar-refractivity contribution < 1.29 is 57.1 Å². The van der Waals surface area contributed by atoms with E-state index < -0.39 is 55.6 Å². The number of hydrogen-bond donors (Lipinski definition) is 0. The molecule has 0 aromatic heterocycles. The van der Waals surface area contributed by atoms with Gasteiger partial charge in [-0.3, -0.25) is 0 Å². The molecule has 0 aliphatic rings. The number of rotatable bonds is 29. The number of unbranched alkanes of at least 4 members (excludes halogenated alkanes) is 15. The van der Waals surface area contributed by atoms with Gasteiger partial charge < -0.3 is 0 Å². The van der Waals surface area contributed by atoms with E-state index in [2.05, 4.69) is 0 Å². The quantitative estimate of drug-likeness (QED) is 0.0411. The van der Waals surface area contributed by atoms with Crippen LogP contribution in [-0.4, -0.2) is 66.9 Å². The highest BCUT2D eigenvalue weighted by molar-refractivity contribution is 7.76. The Morgan fingerprint density at radius 2 is 0.696 bits per heavy atom. The summed E-state index contributed by atoms with van der Waals surface area (Å²) >= 11 is 0. The molecular weight excluding hydrogens is 662 g/mol. The lowest BCUT2D eigenvalue weighted by Crippen LogP contribution is -2.68. The highest BCUT2D eigenvalue weighted by Gasteiger charge is 2.86. The summed E-state index contributed by atoms with van der Waals surface area (Å²) in [6.07, 6.45) is -4.15. The molecule has 0 amide bonds. The topological polar surface area (TPSA) is 0 Å². The van der Waals surface area contributed by atoms with Crippen molar-refractivity contribution in [3.8, 4) is 0 Å². The molecule has 0 fully saturated rings. The Bertz CT molecular complexity index is 738. The molecule has 0 bridgehead atoms. The number of alkyl halides is 13. The first kappa shape index (κ1) is 45.5. The van der Waals surface area contributed by atoms with E-state index >= 15 is 13.2 Å². The Balaban J connectivity index is 6.58. The van der Waals surface area contributed by atoms with Crippen molar-refractivity contribution >= 4 is 7.26 Å². The van der Waals surface area contributed by atoms with Crippen molar-refractivity contribution in [1.82, 2.24) is 0 Å². The third-order valence-corrected chi connectivity index (χ3v) is 13.7. The van der Waals surface area contributed by atoms with Gasteiger partial charge in [0.1, 0.15) is 0 Å². The first-order valence-corrected chi connectivity index (χ1v) is 19.3. The molecule has 0 spiro atoms. The Kier molecular flexibility index (Phi) is 21.3. The van der Waals surface area contributed by atoms with E-state index in [0.29, 0.717) is 38.5 Å². The van der Waals surface area contributed by atoms with Crippen LogP contribution in [0.3, 0.4) is 0 Å². The molecule has 0 aromatic carbocycles. The number of hydrogen-bond acceptors (Lipinski definition) is 0. The summed E-state index contributed by atoms with van der Waals surface area (Å²) in [5.74, 6) is -32.0. The minimum atomic E-state index is -7.40. The van der Waals surface area contributed by atoms with Gasteiger partial charge >= 0.3 is 23.7 Å². The van der Waals surface area contributed by atoms with Crippen LogP contribution < -0.4 is 0 Å². The third kappa shape index (κ3) is 12.4. The molecule has 46 heavy (non-hydrogen) atoms. The molecule has 0 N–H and O–H groups in total. The van der Waals surface area contributed by atoms with E-state index in [0.717, 1.165) is 57.8 Å². The number of halogens is 13. The molecule has 14 heteroatoms. The predicted molar refractivity (Wildman–Crippen MR) is 162 cm³/mol. The monoisotopic (exact) mass is 717 g/mol. The lowest BCUT2D eigenvalue weighted by Gasteiger charge is -2.41. The van der Waals surface area contributed by atoms with Crippen molar-refractivity contribution in [3.05, 3.63) is 0 Å². The zero-order valence-electron chi connectivity index (χ0n) is 27.5. The van der Waals surface area contributed by atoms with Gasteiger partial charge in [0, 0.05) is 0 Å². The fraction of sp³-hybridized carbons (Fsp3) is 1.00. The van der Waals surface area contributed by atoms with E-state index in [9.17, 15) is 43.9 Å². The van der Waals surface area contributed by atoms with Crippen LogP contribution in [-0.2, 0) is 0 Å². The minimum Gasteiger partial charge on any atom is -0.238 e. The molecule has 0 nitrogen and oxygen atoms in total. The third-order valence-electron chi connectivity index (χ3n) is 8.75. The average molecular weight is 718 g/mol. The smallest absolute Gasteiger partial charge is 0.238 e. The normalized spacial score (nSPS) is 15.8. The molecule has 0 heterocycles. The summed E-state index contributed by atoms with van der Waals surface area (Å²) in [5, 5.41) is 0. The van der Waals surface area contributed by atoms with E-state index in [1.165, 1.54) is 0 Å². The second kappa shape index (κ2) is 21.6. The van der Waals surface area contributed by atoms with Gasteiger partial charge in [-0.05, 0) is 38.5 Å². The Labute approximate surface area is 267 Å². The van der Waals surface area contributed by atoms with Crippen LogP contribution in [0.5, 0.6) is 0 Å². The van der Waals surface area contributed by atoms with Crippen LogP contribution >= 0.6 is 7.26 Å². The first-order chi connectivity index (χ1) is 21.4. The maximum Gasteiger partial charge on any atom is 0.385 e. The molecule has 0 radical (unpaired) electrons. The van der Waals surface area contributed by atoms with Crippen LogP contribution in [0.2, 0.25) is 0 Å². The maximum absolute atomic E-state index is 16.2. The predicted octanol–water partition coefficient (Wildman–Crippen LogP) is 13.9. The highest BCUT2D eigenvalue weighted by Crippen LogP contribution is 2.71. The van der Waals surface area contributed by atoms with Crippen molar-refractivity contribution in [1.29, 1.82) is 0 Å². The van der Waals surface area contributed by atoms with Gasteiger partial charge in [0.25, 0.3) is 12.3 Å². The SMILES string of the molecule is CCCCCCCC[P+](CCCCCCCC)(CCCCCCCC)C(F)C(F)(F)C(F)(F)C(F)(F)C(F)(F)C(F)C(F)C(F)F. The zero-order valence-corrected chi connectivity index (χ0v) is 28.4. The molecule has 3 atom stereocenters. The summed E-state index contributed by atoms with van der Waals surface area (Å²) in [6.45, 7) is 5.87. The van der Waals surface area contributed by atoms with Gasteiger partial charge in [0.15, 0.2) is 6.17 Å². The molecule has 0 aromatic rings. The Morgan fingerprint density at radius 3 is 1.00 bits per heavy atom. The van der Waals surface area contributed by atoms with Crippen molar-refractivity contribution in [2.24, 2.45) is 0 Å². The molecule has 278 valence electrons. The van der Waals surface area contributed by atoms with E-state index in [1.807, 2.05) is 20.8 Å². The summed E-state index contributed by atoms with van der Waals surface area (Å²) in [7, 11) is -3.91. The largest absolute Gasteiger partial charge is 0.385 e. The van der Waals surface area contributed by atoms with Gasteiger partial charge in [-0.1, -0.05) is 97.8 Å². The van der Waals surface area contributed by atoms with Crippen LogP contribution in [0, 0.1) is 0 Å². The van der Waals surface area contributed by atoms with E-state index in [-0.39, 0.29) is 37.7 Å². The summed E-state index contributed by atoms with van der Waals surface area (Å²) < 4.78 is 187. The van der Waals surface area contributed by atoms with Crippen LogP contribution in [0.25, 0.3) is 0 Å². The second-order valence-corrected chi connectivity index (χ2v) is 16.8. The van der Waals surface area contributed by atoms with Gasteiger partial charge in [0.05, 0.1) is 25.7 Å². The summed E-state index contributed by atoms with van der Waals surface area (Å²) in [6, 6.07) is 0. The molecule has 0 aliphatic heterocycles. The fourth-order valence-electron chi connectivity index (χ4n) is 5.71. The van der Waals surface area contributed by atoms with Crippen molar-refractivity contribution in [2.45, 2.75) is 185 Å². The lowest BCUT2D eigenvalue weighted by molar-refractivity contribution is -0.382. The molecular formula is C32H55F13P+. The van der Waals surface area contributed by atoms with Gasteiger partial charge in [0.2, 0.25) is 6.17 Å². The molecule has 0 aliphatic carbocycles. The van der Waals surface area contributed by atoms with Crippen LogP contribution in [0.15, 0.2) is 0 Å². The van der Waals surface area contributed by atoms with Crippen LogP contribution in [0.4, 0.5) is 57.1 Å². The van der Waals surface area contributed by atoms with E-state index in [4.69, 9.17) is 0 Å².